The van der Waals surface area contributed by atoms with Crippen molar-refractivity contribution < 1.29 is 14.3 Å². The number of hydrogen-bond acceptors (Lipinski definition) is 1. The summed E-state index contributed by atoms with van der Waals surface area (Å²) >= 11 is 6.04. The van der Waals surface area contributed by atoms with Crippen LogP contribution in [-0.2, 0) is 17.8 Å². The van der Waals surface area contributed by atoms with Gasteiger partial charge in [0.05, 0.1) is 11.9 Å². The summed E-state index contributed by atoms with van der Waals surface area (Å²) in [6, 6.07) is 11.0. The Morgan fingerprint density at radius 3 is 2.64 bits per heavy atom. The first kappa shape index (κ1) is 19.0. The second-order valence-corrected chi connectivity index (χ2v) is 8.38. The summed E-state index contributed by atoms with van der Waals surface area (Å²) in [5.41, 5.74) is 5.16. The minimum absolute atomic E-state index is 0.0460. The molecule has 2 aromatic carbocycles. The molecule has 3 nitrogen and oxygen atoms in total. The predicted molar refractivity (Wildman–Crippen MR) is 110 cm³/mol. The SMILES string of the molecule is CC(C)c1cc(F)cc2c1c(Cc1ccc(Cl)cc1)c1n2CCC1CC(=O)O. The highest BCUT2D eigenvalue weighted by Gasteiger charge is 2.32. The maximum absolute atomic E-state index is 14.4. The topological polar surface area (TPSA) is 42.2 Å². The molecule has 3 aromatic rings. The van der Waals surface area contributed by atoms with Crippen molar-refractivity contribution in [2.24, 2.45) is 0 Å². The standard InChI is InChI=1S/C23H23ClFNO2/c1-13(2)18-11-17(25)12-20-22(18)19(9-14-3-5-16(24)6-4-14)23-15(10-21(27)28)7-8-26(20)23/h3-6,11-13,15H,7-10H2,1-2H3,(H,27,28). The lowest BCUT2D eigenvalue weighted by atomic mass is 9.89. The van der Waals surface area contributed by atoms with Gasteiger partial charge in [-0.3, -0.25) is 4.79 Å². The molecule has 4 rings (SSSR count). The second kappa shape index (κ2) is 7.25. The fourth-order valence-electron chi connectivity index (χ4n) is 4.56. The van der Waals surface area contributed by atoms with Crippen molar-refractivity contribution in [2.45, 2.75) is 51.5 Å². The van der Waals surface area contributed by atoms with Crippen LogP contribution in [0.15, 0.2) is 36.4 Å². The summed E-state index contributed by atoms with van der Waals surface area (Å²) in [7, 11) is 0. The summed E-state index contributed by atoms with van der Waals surface area (Å²) in [6.07, 6.45) is 1.56. The van der Waals surface area contributed by atoms with Crippen LogP contribution in [0.3, 0.4) is 0 Å². The third-order valence-corrected chi connectivity index (χ3v) is 5.98. The lowest BCUT2D eigenvalue weighted by molar-refractivity contribution is -0.137. The maximum Gasteiger partial charge on any atom is 0.304 e. The molecule has 0 spiro atoms. The van der Waals surface area contributed by atoms with Gasteiger partial charge in [0.15, 0.2) is 0 Å². The van der Waals surface area contributed by atoms with Crippen LogP contribution >= 0.6 is 11.6 Å². The highest BCUT2D eigenvalue weighted by atomic mass is 35.5. The van der Waals surface area contributed by atoms with Gasteiger partial charge in [0.2, 0.25) is 0 Å². The molecular formula is C23H23ClFNO2. The Morgan fingerprint density at radius 2 is 2.00 bits per heavy atom. The van der Waals surface area contributed by atoms with E-state index in [0.29, 0.717) is 11.4 Å². The van der Waals surface area contributed by atoms with E-state index >= 15 is 0 Å². The van der Waals surface area contributed by atoms with Crippen LogP contribution in [0.25, 0.3) is 10.9 Å². The second-order valence-electron chi connectivity index (χ2n) is 7.95. The molecule has 0 saturated heterocycles. The van der Waals surface area contributed by atoms with E-state index in [1.165, 1.54) is 0 Å². The van der Waals surface area contributed by atoms with Gasteiger partial charge < -0.3 is 9.67 Å². The summed E-state index contributed by atoms with van der Waals surface area (Å²) in [4.78, 5) is 11.4. The largest absolute Gasteiger partial charge is 0.481 e. The van der Waals surface area contributed by atoms with Gasteiger partial charge in [-0.2, -0.15) is 0 Å². The zero-order chi connectivity index (χ0) is 20.0. The molecule has 0 bridgehead atoms. The van der Waals surface area contributed by atoms with Gasteiger partial charge in [-0.15, -0.1) is 0 Å². The van der Waals surface area contributed by atoms with E-state index in [2.05, 4.69) is 18.4 Å². The van der Waals surface area contributed by atoms with E-state index in [4.69, 9.17) is 11.6 Å². The van der Waals surface area contributed by atoms with E-state index in [1.54, 1.807) is 12.1 Å². The highest BCUT2D eigenvalue weighted by Crippen LogP contribution is 2.43. The summed E-state index contributed by atoms with van der Waals surface area (Å²) < 4.78 is 16.5. The quantitative estimate of drug-likeness (QED) is 0.562. The van der Waals surface area contributed by atoms with E-state index < -0.39 is 5.97 Å². The maximum atomic E-state index is 14.4. The van der Waals surface area contributed by atoms with Gasteiger partial charge in [-0.25, -0.2) is 4.39 Å². The average molecular weight is 400 g/mol. The Labute approximate surface area is 168 Å². The molecule has 1 unspecified atom stereocenters. The van der Waals surface area contributed by atoms with Crippen molar-refractivity contribution in [2.75, 3.05) is 0 Å². The first-order valence-electron chi connectivity index (χ1n) is 9.65. The van der Waals surface area contributed by atoms with Gasteiger partial charge in [-0.05, 0) is 59.7 Å². The van der Waals surface area contributed by atoms with Crippen LogP contribution in [0, 0.1) is 5.82 Å². The van der Waals surface area contributed by atoms with Crippen LogP contribution in [0.4, 0.5) is 4.39 Å². The number of halogens is 2. The molecule has 5 heteroatoms. The third kappa shape index (κ3) is 3.30. The van der Waals surface area contributed by atoms with Gasteiger partial charge in [0.25, 0.3) is 0 Å². The summed E-state index contributed by atoms with van der Waals surface area (Å²) in [5.74, 6) is -0.911. The molecule has 0 aliphatic carbocycles. The lowest BCUT2D eigenvalue weighted by Crippen LogP contribution is -2.06. The van der Waals surface area contributed by atoms with Crippen LogP contribution in [0.5, 0.6) is 0 Å². The zero-order valence-electron chi connectivity index (χ0n) is 16.0. The molecule has 2 heterocycles. The molecule has 1 N–H and O–H groups in total. The van der Waals surface area contributed by atoms with Gasteiger partial charge in [0, 0.05) is 28.6 Å². The number of hydrogen-bond donors (Lipinski definition) is 1. The van der Waals surface area contributed by atoms with Gasteiger partial charge >= 0.3 is 5.97 Å². The van der Waals surface area contributed by atoms with Crippen molar-refractivity contribution in [3.05, 3.63) is 69.6 Å². The number of carboxylic acid groups (broad SMARTS) is 1. The number of benzene rings is 2. The van der Waals surface area contributed by atoms with Crippen molar-refractivity contribution in [1.29, 1.82) is 0 Å². The zero-order valence-corrected chi connectivity index (χ0v) is 16.8. The van der Waals surface area contributed by atoms with Crippen LogP contribution < -0.4 is 0 Å². The smallest absolute Gasteiger partial charge is 0.304 e. The number of aliphatic carboxylic acids is 1. The van der Waals surface area contributed by atoms with E-state index in [9.17, 15) is 14.3 Å². The fourth-order valence-corrected chi connectivity index (χ4v) is 4.68. The lowest BCUT2D eigenvalue weighted by Gasteiger charge is -2.14. The summed E-state index contributed by atoms with van der Waals surface area (Å²) in [5, 5.41) is 11.2. The number of rotatable bonds is 5. The van der Waals surface area contributed by atoms with Crippen molar-refractivity contribution in [1.82, 2.24) is 4.57 Å². The van der Waals surface area contributed by atoms with Crippen molar-refractivity contribution >= 4 is 28.5 Å². The van der Waals surface area contributed by atoms with Crippen LogP contribution in [0.2, 0.25) is 5.02 Å². The first-order valence-corrected chi connectivity index (χ1v) is 10.0. The number of nitrogens with zero attached hydrogens (tertiary/aromatic N) is 1. The number of aromatic nitrogens is 1. The molecule has 28 heavy (non-hydrogen) atoms. The molecule has 1 atom stereocenters. The molecule has 1 aromatic heterocycles. The molecule has 0 radical (unpaired) electrons. The predicted octanol–water partition coefficient (Wildman–Crippen LogP) is 6.11. The van der Waals surface area contributed by atoms with Crippen molar-refractivity contribution in [3.8, 4) is 0 Å². The molecule has 0 saturated carbocycles. The molecule has 1 aliphatic heterocycles. The minimum atomic E-state index is -0.795. The number of fused-ring (bicyclic) bond motifs is 3. The van der Waals surface area contributed by atoms with Crippen LogP contribution in [-0.4, -0.2) is 15.6 Å². The number of carbonyl (C=O) groups is 1. The molecule has 146 valence electrons. The molecular weight excluding hydrogens is 377 g/mol. The summed E-state index contributed by atoms with van der Waals surface area (Å²) in [6.45, 7) is 4.86. The van der Waals surface area contributed by atoms with Gasteiger partial charge in [0.1, 0.15) is 5.82 Å². The average Bonchev–Trinajstić information content (AvgIpc) is 3.16. The van der Waals surface area contributed by atoms with E-state index in [-0.39, 0.29) is 24.1 Å². The third-order valence-electron chi connectivity index (χ3n) is 5.73. The Balaban J connectivity index is 1.96. The Hall–Kier alpha value is -2.33. The molecule has 0 fully saturated rings. The highest BCUT2D eigenvalue weighted by molar-refractivity contribution is 6.30. The Bertz CT molecular complexity index is 1050. The van der Waals surface area contributed by atoms with Crippen LogP contribution in [0.1, 0.15) is 60.9 Å². The fraction of sp³-hybridized carbons (Fsp3) is 0.348. The molecule has 1 aliphatic rings. The number of aryl methyl sites for hydroxylation is 1. The van der Waals surface area contributed by atoms with E-state index in [1.807, 2.05) is 24.3 Å². The monoisotopic (exact) mass is 399 g/mol. The first-order chi connectivity index (χ1) is 13.3. The molecule has 0 amide bonds. The Morgan fingerprint density at radius 1 is 1.29 bits per heavy atom. The normalized spacial score (nSPS) is 16.1. The van der Waals surface area contributed by atoms with Crippen molar-refractivity contribution in [3.63, 3.8) is 0 Å². The Kier molecular flexibility index (Phi) is 4.92. The minimum Gasteiger partial charge on any atom is -0.481 e. The number of carboxylic acids is 1. The van der Waals surface area contributed by atoms with Gasteiger partial charge in [-0.1, -0.05) is 37.6 Å². The van der Waals surface area contributed by atoms with E-state index in [0.717, 1.165) is 46.3 Å².